The highest BCUT2D eigenvalue weighted by Crippen LogP contribution is 2.18. The Balaban J connectivity index is 2.28. The maximum atomic E-state index is 4.19. The Morgan fingerprint density at radius 3 is 3.14 bits per heavy atom. The zero-order valence-electron chi connectivity index (χ0n) is 4.42. The number of hydrogen-bond donors (Lipinski definition) is 0. The van der Waals surface area contributed by atoms with E-state index in [1.165, 1.54) is 6.42 Å². The highest BCUT2D eigenvalue weighted by Gasteiger charge is 2.05. The van der Waals surface area contributed by atoms with Crippen LogP contribution in [-0.2, 0) is 0 Å². The van der Waals surface area contributed by atoms with Crippen molar-refractivity contribution in [1.29, 1.82) is 0 Å². The average Bonchev–Trinajstić information content (AvgIpc) is 2.14. The third-order valence-electron chi connectivity index (χ3n) is 0.984. The summed E-state index contributed by atoms with van der Waals surface area (Å²) in [5.41, 5.74) is 0. The minimum atomic E-state index is 0.583. The van der Waals surface area contributed by atoms with Crippen molar-refractivity contribution in [2.75, 3.05) is 5.75 Å². The zero-order chi connectivity index (χ0) is 5.11. The fourth-order valence-corrected chi connectivity index (χ4v) is 1.38. The van der Waals surface area contributed by atoms with Crippen LogP contribution in [0.4, 0.5) is 0 Å². The maximum Gasteiger partial charge on any atom is 0.0948 e. The molecule has 0 radical (unpaired) electrons. The van der Waals surface area contributed by atoms with E-state index in [0.29, 0.717) is 5.37 Å². The highest BCUT2D eigenvalue weighted by atomic mass is 32.2. The fourth-order valence-electron chi connectivity index (χ4n) is 0.581. The molecule has 0 amide bonds. The molecule has 2 heteroatoms. The summed E-state index contributed by atoms with van der Waals surface area (Å²) in [5, 5.41) is 0.583. The molecule has 1 aliphatic heterocycles. The molecule has 1 rings (SSSR count). The number of aliphatic imine (C=N–C) groups is 1. The van der Waals surface area contributed by atoms with Crippen molar-refractivity contribution in [2.45, 2.75) is 18.7 Å². The minimum absolute atomic E-state index is 0.583. The number of rotatable bonds is 1. The Morgan fingerprint density at radius 1 is 2.00 bits per heavy atom. The van der Waals surface area contributed by atoms with Gasteiger partial charge in [-0.25, -0.2) is 0 Å². The van der Waals surface area contributed by atoms with Crippen LogP contribution in [0.25, 0.3) is 0 Å². The van der Waals surface area contributed by atoms with Gasteiger partial charge in [-0.2, -0.15) is 0 Å². The molecule has 0 saturated carbocycles. The highest BCUT2D eigenvalue weighted by molar-refractivity contribution is 8.00. The van der Waals surface area contributed by atoms with Gasteiger partial charge < -0.3 is 0 Å². The molecular formula is C5H9NS. The van der Waals surface area contributed by atoms with Crippen molar-refractivity contribution >= 4 is 18.0 Å². The fraction of sp³-hybridized carbons (Fsp3) is 0.800. The van der Waals surface area contributed by atoms with Crippen molar-refractivity contribution in [2.24, 2.45) is 4.99 Å². The van der Waals surface area contributed by atoms with Gasteiger partial charge in [0.25, 0.3) is 0 Å². The molecule has 0 aromatic carbocycles. The van der Waals surface area contributed by atoms with Crippen molar-refractivity contribution in [1.82, 2.24) is 0 Å². The van der Waals surface area contributed by atoms with E-state index in [4.69, 9.17) is 0 Å². The van der Waals surface area contributed by atoms with Crippen LogP contribution in [0.15, 0.2) is 4.99 Å². The summed E-state index contributed by atoms with van der Waals surface area (Å²) >= 11 is 1.92. The van der Waals surface area contributed by atoms with Gasteiger partial charge in [-0.15, -0.1) is 11.8 Å². The van der Waals surface area contributed by atoms with Crippen LogP contribution in [0.1, 0.15) is 13.3 Å². The molecule has 0 aliphatic carbocycles. The largest absolute Gasteiger partial charge is 0.283 e. The maximum absolute atomic E-state index is 4.19. The van der Waals surface area contributed by atoms with E-state index in [9.17, 15) is 0 Å². The molecule has 0 spiro atoms. The first-order valence-corrected chi connectivity index (χ1v) is 3.61. The van der Waals surface area contributed by atoms with Gasteiger partial charge in [0, 0.05) is 12.0 Å². The second kappa shape index (κ2) is 2.36. The van der Waals surface area contributed by atoms with E-state index in [2.05, 4.69) is 11.9 Å². The lowest BCUT2D eigenvalue weighted by Crippen LogP contribution is -1.87. The second-order valence-corrected chi connectivity index (χ2v) is 2.74. The molecule has 0 aromatic heterocycles. The molecule has 0 aromatic rings. The Labute approximate surface area is 48.2 Å². The van der Waals surface area contributed by atoms with Crippen LogP contribution in [0, 0.1) is 0 Å². The van der Waals surface area contributed by atoms with Crippen molar-refractivity contribution in [3.63, 3.8) is 0 Å². The van der Waals surface area contributed by atoms with Gasteiger partial charge in [-0.1, -0.05) is 6.92 Å². The molecule has 1 heterocycles. The third kappa shape index (κ3) is 1.20. The van der Waals surface area contributed by atoms with E-state index in [1.54, 1.807) is 0 Å². The van der Waals surface area contributed by atoms with Gasteiger partial charge in [0.2, 0.25) is 0 Å². The molecule has 1 atom stereocenters. The van der Waals surface area contributed by atoms with Crippen LogP contribution >= 0.6 is 11.8 Å². The molecule has 1 unspecified atom stereocenters. The SMILES string of the molecule is CCC1N=CCS1. The first-order chi connectivity index (χ1) is 3.43. The third-order valence-corrected chi connectivity index (χ3v) is 2.17. The molecule has 7 heavy (non-hydrogen) atoms. The summed E-state index contributed by atoms with van der Waals surface area (Å²) in [6, 6.07) is 0. The van der Waals surface area contributed by atoms with E-state index in [1.807, 2.05) is 18.0 Å². The lowest BCUT2D eigenvalue weighted by Gasteiger charge is -1.96. The lowest BCUT2D eigenvalue weighted by atomic mass is 10.5. The Kier molecular flexibility index (Phi) is 1.74. The quantitative estimate of drug-likeness (QED) is 0.505. The van der Waals surface area contributed by atoms with Gasteiger partial charge in [0.05, 0.1) is 5.37 Å². The monoisotopic (exact) mass is 115 g/mol. The second-order valence-electron chi connectivity index (χ2n) is 1.53. The normalized spacial score (nSPS) is 29.0. The van der Waals surface area contributed by atoms with E-state index in [-0.39, 0.29) is 0 Å². The summed E-state index contributed by atoms with van der Waals surface area (Å²) in [6.07, 6.45) is 3.18. The Bertz CT molecular complexity index is 80.1. The summed E-state index contributed by atoms with van der Waals surface area (Å²) < 4.78 is 0. The minimum Gasteiger partial charge on any atom is -0.283 e. The Hall–Kier alpha value is 0.0200. The first kappa shape index (κ1) is 5.16. The molecule has 0 fully saturated rings. The van der Waals surface area contributed by atoms with Crippen LogP contribution < -0.4 is 0 Å². The smallest absolute Gasteiger partial charge is 0.0948 e. The van der Waals surface area contributed by atoms with Gasteiger partial charge in [0.15, 0.2) is 0 Å². The van der Waals surface area contributed by atoms with Gasteiger partial charge in [0.1, 0.15) is 0 Å². The van der Waals surface area contributed by atoms with Gasteiger partial charge in [-0.3, -0.25) is 4.99 Å². The molecule has 0 saturated heterocycles. The van der Waals surface area contributed by atoms with Crippen LogP contribution in [0.3, 0.4) is 0 Å². The number of hydrogen-bond acceptors (Lipinski definition) is 2. The number of thioether (sulfide) groups is 1. The predicted molar refractivity (Wildman–Crippen MR) is 35.0 cm³/mol. The lowest BCUT2D eigenvalue weighted by molar-refractivity contribution is 0.883. The summed E-state index contributed by atoms with van der Waals surface area (Å²) in [5.74, 6) is 1.12. The van der Waals surface area contributed by atoms with Gasteiger partial charge >= 0.3 is 0 Å². The standard InChI is InChI=1S/C5H9NS/c1-2-5-6-3-4-7-5/h3,5H,2,4H2,1H3. The van der Waals surface area contributed by atoms with Crippen LogP contribution in [-0.4, -0.2) is 17.3 Å². The predicted octanol–water partition coefficient (Wildman–Crippen LogP) is 1.54. The summed E-state index contributed by atoms with van der Waals surface area (Å²) in [7, 11) is 0. The molecule has 40 valence electrons. The average molecular weight is 115 g/mol. The van der Waals surface area contributed by atoms with E-state index < -0.39 is 0 Å². The van der Waals surface area contributed by atoms with Crippen molar-refractivity contribution in [3.05, 3.63) is 0 Å². The molecule has 0 N–H and O–H groups in total. The zero-order valence-corrected chi connectivity index (χ0v) is 5.24. The van der Waals surface area contributed by atoms with Gasteiger partial charge in [-0.05, 0) is 6.42 Å². The van der Waals surface area contributed by atoms with Crippen LogP contribution in [0.5, 0.6) is 0 Å². The van der Waals surface area contributed by atoms with Crippen molar-refractivity contribution in [3.8, 4) is 0 Å². The molecular weight excluding hydrogens is 106 g/mol. The number of nitrogens with zero attached hydrogens (tertiary/aromatic N) is 1. The summed E-state index contributed by atoms with van der Waals surface area (Å²) in [4.78, 5) is 4.19. The molecule has 1 aliphatic rings. The first-order valence-electron chi connectivity index (χ1n) is 2.56. The van der Waals surface area contributed by atoms with Crippen molar-refractivity contribution < 1.29 is 0 Å². The van der Waals surface area contributed by atoms with E-state index >= 15 is 0 Å². The topological polar surface area (TPSA) is 12.4 Å². The summed E-state index contributed by atoms with van der Waals surface area (Å²) in [6.45, 7) is 2.17. The van der Waals surface area contributed by atoms with E-state index in [0.717, 1.165) is 5.75 Å². The Morgan fingerprint density at radius 2 is 2.86 bits per heavy atom. The molecule has 1 nitrogen and oxygen atoms in total. The van der Waals surface area contributed by atoms with Crippen LogP contribution in [0.2, 0.25) is 0 Å². The molecule has 0 bridgehead atoms.